The summed E-state index contributed by atoms with van der Waals surface area (Å²) >= 11 is 6.06. The van der Waals surface area contributed by atoms with Gasteiger partial charge < -0.3 is 14.8 Å². The van der Waals surface area contributed by atoms with E-state index in [4.69, 9.17) is 11.6 Å². The summed E-state index contributed by atoms with van der Waals surface area (Å²) in [6, 6.07) is 17.9. The number of carbonyl (C=O) groups excluding carboxylic acids is 1. The number of rotatable bonds is 5. The van der Waals surface area contributed by atoms with E-state index in [-0.39, 0.29) is 11.9 Å². The summed E-state index contributed by atoms with van der Waals surface area (Å²) in [5.41, 5.74) is 2.71. The lowest BCUT2D eigenvalue weighted by Crippen LogP contribution is -2.40. The number of fused-ring (bicyclic) bond motifs is 1. The summed E-state index contributed by atoms with van der Waals surface area (Å²) in [4.78, 5) is 14.8. The highest BCUT2D eigenvalue weighted by atomic mass is 35.5. The number of hydrogen-bond donors (Lipinski definition) is 1. The number of halogens is 1. The van der Waals surface area contributed by atoms with Crippen molar-refractivity contribution in [1.29, 1.82) is 0 Å². The van der Waals surface area contributed by atoms with E-state index < -0.39 is 0 Å². The average Bonchev–Trinajstić information content (AvgIpc) is 2.96. The Labute approximate surface area is 153 Å². The van der Waals surface area contributed by atoms with Crippen molar-refractivity contribution >= 4 is 34.1 Å². The van der Waals surface area contributed by atoms with Crippen molar-refractivity contribution in [2.24, 2.45) is 7.05 Å². The van der Waals surface area contributed by atoms with Gasteiger partial charge in [0.05, 0.1) is 0 Å². The second-order valence-corrected chi connectivity index (χ2v) is 6.73. The van der Waals surface area contributed by atoms with Crippen LogP contribution in [0.25, 0.3) is 10.9 Å². The van der Waals surface area contributed by atoms with E-state index in [9.17, 15) is 4.79 Å². The first-order valence-electron chi connectivity index (χ1n) is 8.28. The van der Waals surface area contributed by atoms with Gasteiger partial charge in [0.2, 0.25) is 0 Å². The second-order valence-electron chi connectivity index (χ2n) is 6.30. The van der Waals surface area contributed by atoms with Crippen LogP contribution in [0.1, 0.15) is 17.4 Å². The first-order chi connectivity index (χ1) is 12.0. The Morgan fingerprint density at radius 3 is 2.64 bits per heavy atom. The van der Waals surface area contributed by atoms with E-state index in [0.717, 1.165) is 16.6 Å². The van der Waals surface area contributed by atoms with Gasteiger partial charge in [-0.1, -0.05) is 35.9 Å². The van der Waals surface area contributed by atoms with Crippen LogP contribution in [-0.2, 0) is 7.05 Å². The molecular formula is C20H22ClN3O. The highest BCUT2D eigenvalue weighted by Crippen LogP contribution is 2.22. The summed E-state index contributed by atoms with van der Waals surface area (Å²) < 4.78 is 1.88. The average molecular weight is 356 g/mol. The van der Waals surface area contributed by atoms with Crippen LogP contribution in [0, 0.1) is 0 Å². The standard InChI is InChI=1S/C20H22ClN3O/c1-14(23(2)17-7-5-4-6-8-17)13-22-20(25)19-11-15-9-10-16(21)12-18(15)24(19)3/h4-12,14H,13H2,1-3H3,(H,22,25)/t14-/m1/s1. The number of hydrogen-bond acceptors (Lipinski definition) is 2. The molecule has 4 nitrogen and oxygen atoms in total. The first kappa shape index (κ1) is 17.4. The summed E-state index contributed by atoms with van der Waals surface area (Å²) in [7, 11) is 3.91. The number of aryl methyl sites for hydroxylation is 1. The minimum atomic E-state index is -0.0804. The van der Waals surface area contributed by atoms with E-state index in [1.807, 2.05) is 61.1 Å². The number of amides is 1. The Kier molecular flexibility index (Phi) is 5.00. The molecule has 0 aliphatic heterocycles. The van der Waals surface area contributed by atoms with E-state index in [1.165, 1.54) is 0 Å². The van der Waals surface area contributed by atoms with E-state index in [0.29, 0.717) is 17.3 Å². The fourth-order valence-electron chi connectivity index (χ4n) is 2.91. The Morgan fingerprint density at radius 2 is 1.92 bits per heavy atom. The molecule has 3 rings (SSSR count). The second kappa shape index (κ2) is 7.19. The Morgan fingerprint density at radius 1 is 1.20 bits per heavy atom. The molecule has 0 radical (unpaired) electrons. The van der Waals surface area contributed by atoms with Gasteiger partial charge in [-0.2, -0.15) is 0 Å². The Hall–Kier alpha value is -2.46. The number of carbonyl (C=O) groups is 1. The van der Waals surface area contributed by atoms with Crippen LogP contribution in [0.5, 0.6) is 0 Å². The molecule has 0 saturated heterocycles. The lowest BCUT2D eigenvalue weighted by molar-refractivity contribution is 0.0944. The molecule has 130 valence electrons. The number of anilines is 1. The topological polar surface area (TPSA) is 37.3 Å². The number of aromatic nitrogens is 1. The fraction of sp³-hybridized carbons (Fsp3) is 0.250. The van der Waals surface area contributed by atoms with Crippen molar-refractivity contribution < 1.29 is 4.79 Å². The van der Waals surface area contributed by atoms with Crippen LogP contribution < -0.4 is 10.2 Å². The van der Waals surface area contributed by atoms with Gasteiger partial charge in [0.15, 0.2) is 0 Å². The lowest BCUT2D eigenvalue weighted by atomic mass is 10.2. The van der Waals surface area contributed by atoms with Crippen molar-refractivity contribution in [3.05, 3.63) is 65.3 Å². The quantitative estimate of drug-likeness (QED) is 0.748. The highest BCUT2D eigenvalue weighted by molar-refractivity contribution is 6.31. The third-order valence-electron chi connectivity index (χ3n) is 4.62. The molecule has 0 spiro atoms. The van der Waals surface area contributed by atoms with Gasteiger partial charge in [-0.05, 0) is 37.3 Å². The number of likely N-dealkylation sites (N-methyl/N-ethyl adjacent to an activating group) is 1. The van der Waals surface area contributed by atoms with Crippen molar-refractivity contribution in [3.8, 4) is 0 Å². The van der Waals surface area contributed by atoms with Crippen molar-refractivity contribution in [2.75, 3.05) is 18.5 Å². The maximum absolute atomic E-state index is 12.6. The summed E-state index contributed by atoms with van der Waals surface area (Å²) in [5, 5.41) is 4.70. The molecular weight excluding hydrogens is 334 g/mol. The van der Waals surface area contributed by atoms with Gasteiger partial charge in [0.1, 0.15) is 5.69 Å². The Bertz CT molecular complexity index is 889. The molecule has 0 aliphatic carbocycles. The van der Waals surface area contributed by atoms with Crippen LogP contribution >= 0.6 is 11.6 Å². The van der Waals surface area contributed by atoms with Crippen LogP contribution in [0.4, 0.5) is 5.69 Å². The fourth-order valence-corrected chi connectivity index (χ4v) is 3.07. The van der Waals surface area contributed by atoms with Crippen molar-refractivity contribution in [1.82, 2.24) is 9.88 Å². The number of para-hydroxylation sites is 1. The number of benzene rings is 2. The zero-order chi connectivity index (χ0) is 18.0. The third-order valence-corrected chi connectivity index (χ3v) is 4.86. The molecule has 5 heteroatoms. The predicted octanol–water partition coefficient (Wildman–Crippen LogP) is 4.09. The molecule has 0 bridgehead atoms. The summed E-state index contributed by atoms with van der Waals surface area (Å²) in [6.07, 6.45) is 0. The van der Waals surface area contributed by atoms with Gasteiger partial charge >= 0.3 is 0 Å². The predicted molar refractivity (Wildman–Crippen MR) is 105 cm³/mol. The maximum Gasteiger partial charge on any atom is 0.268 e. The SMILES string of the molecule is C[C@H](CNC(=O)c1cc2ccc(Cl)cc2n1C)N(C)c1ccccc1. The molecule has 0 saturated carbocycles. The van der Waals surface area contributed by atoms with E-state index in [2.05, 4.69) is 29.3 Å². The van der Waals surface area contributed by atoms with Gasteiger partial charge in [-0.3, -0.25) is 4.79 Å². The molecule has 1 amide bonds. The molecule has 1 heterocycles. The Balaban J connectivity index is 1.69. The summed E-state index contributed by atoms with van der Waals surface area (Å²) in [5.74, 6) is -0.0804. The van der Waals surface area contributed by atoms with Crippen LogP contribution in [0.3, 0.4) is 0 Å². The number of nitrogens with one attached hydrogen (secondary N) is 1. The van der Waals surface area contributed by atoms with E-state index >= 15 is 0 Å². The zero-order valence-corrected chi connectivity index (χ0v) is 15.4. The molecule has 0 aliphatic rings. The molecule has 1 N–H and O–H groups in total. The molecule has 1 aromatic heterocycles. The molecule has 1 atom stereocenters. The normalized spacial score (nSPS) is 12.2. The zero-order valence-electron chi connectivity index (χ0n) is 14.7. The van der Waals surface area contributed by atoms with Gasteiger partial charge in [-0.25, -0.2) is 0 Å². The third kappa shape index (κ3) is 3.64. The van der Waals surface area contributed by atoms with Crippen LogP contribution in [0.2, 0.25) is 5.02 Å². The van der Waals surface area contributed by atoms with Crippen LogP contribution in [-0.4, -0.2) is 30.1 Å². The molecule has 3 aromatic rings. The highest BCUT2D eigenvalue weighted by Gasteiger charge is 2.16. The summed E-state index contributed by atoms with van der Waals surface area (Å²) in [6.45, 7) is 2.65. The molecule has 2 aromatic carbocycles. The molecule has 0 fully saturated rings. The molecule has 0 unspecified atom stereocenters. The first-order valence-corrected chi connectivity index (χ1v) is 8.66. The van der Waals surface area contributed by atoms with Crippen LogP contribution in [0.15, 0.2) is 54.6 Å². The van der Waals surface area contributed by atoms with Gasteiger partial charge in [-0.15, -0.1) is 0 Å². The van der Waals surface area contributed by atoms with Gasteiger partial charge in [0, 0.05) is 48.3 Å². The van der Waals surface area contributed by atoms with E-state index in [1.54, 1.807) is 0 Å². The van der Waals surface area contributed by atoms with Crippen molar-refractivity contribution in [2.45, 2.75) is 13.0 Å². The van der Waals surface area contributed by atoms with Crippen molar-refractivity contribution in [3.63, 3.8) is 0 Å². The lowest BCUT2D eigenvalue weighted by Gasteiger charge is -2.27. The molecule has 25 heavy (non-hydrogen) atoms. The number of nitrogens with zero attached hydrogens (tertiary/aromatic N) is 2. The largest absolute Gasteiger partial charge is 0.370 e. The van der Waals surface area contributed by atoms with Gasteiger partial charge in [0.25, 0.3) is 5.91 Å². The monoisotopic (exact) mass is 355 g/mol. The smallest absolute Gasteiger partial charge is 0.268 e. The maximum atomic E-state index is 12.6. The minimum Gasteiger partial charge on any atom is -0.370 e. The minimum absolute atomic E-state index is 0.0804.